The van der Waals surface area contributed by atoms with Crippen LogP contribution < -0.4 is 9.47 Å². The van der Waals surface area contributed by atoms with Crippen molar-refractivity contribution in [2.45, 2.75) is 42.0 Å². The third kappa shape index (κ3) is 5.83. The SMILES string of the molecule is COc1ncc(C(F)(F)F)cc1CBr.COc1ncc(C2CCC2)cc1CBr. The van der Waals surface area contributed by atoms with Gasteiger partial charge in [-0.3, -0.25) is 0 Å². The van der Waals surface area contributed by atoms with Crippen LogP contribution >= 0.6 is 31.9 Å². The fourth-order valence-corrected chi connectivity index (χ4v) is 3.50. The van der Waals surface area contributed by atoms with Crippen LogP contribution in [0.2, 0.25) is 0 Å². The van der Waals surface area contributed by atoms with Crippen LogP contribution in [0, 0.1) is 0 Å². The zero-order valence-electron chi connectivity index (χ0n) is 15.5. The first-order valence-corrected chi connectivity index (χ1v) is 10.8. The molecule has 0 saturated heterocycles. The number of aromatic nitrogens is 2. The van der Waals surface area contributed by atoms with Crippen LogP contribution in [-0.2, 0) is 16.8 Å². The fourth-order valence-electron chi connectivity index (χ4n) is 2.69. The quantitative estimate of drug-likeness (QED) is 0.432. The summed E-state index contributed by atoms with van der Waals surface area (Å²) in [7, 11) is 3.03. The first-order valence-electron chi connectivity index (χ1n) is 8.58. The lowest BCUT2D eigenvalue weighted by atomic mass is 9.80. The molecular formula is C19H21Br2F3N2O2. The van der Waals surface area contributed by atoms with Gasteiger partial charge in [0.2, 0.25) is 11.8 Å². The molecule has 0 bridgehead atoms. The third-order valence-corrected chi connectivity index (χ3v) is 5.66. The first kappa shape index (κ1) is 22.9. The molecule has 0 N–H and O–H groups in total. The number of ether oxygens (including phenoxy) is 2. The van der Waals surface area contributed by atoms with Crippen molar-refractivity contribution in [1.82, 2.24) is 9.97 Å². The topological polar surface area (TPSA) is 44.2 Å². The van der Waals surface area contributed by atoms with E-state index >= 15 is 0 Å². The number of hydrogen-bond acceptors (Lipinski definition) is 4. The molecule has 0 unspecified atom stereocenters. The van der Waals surface area contributed by atoms with Crippen LogP contribution in [0.4, 0.5) is 13.2 Å². The summed E-state index contributed by atoms with van der Waals surface area (Å²) >= 11 is 6.52. The van der Waals surface area contributed by atoms with E-state index in [2.05, 4.69) is 47.9 Å². The molecule has 1 saturated carbocycles. The van der Waals surface area contributed by atoms with Crippen LogP contribution in [-0.4, -0.2) is 24.2 Å². The van der Waals surface area contributed by atoms with Crippen molar-refractivity contribution in [1.29, 1.82) is 0 Å². The molecule has 2 aromatic heterocycles. The van der Waals surface area contributed by atoms with Crippen molar-refractivity contribution in [3.05, 3.63) is 46.8 Å². The summed E-state index contributed by atoms with van der Waals surface area (Å²) in [6, 6.07) is 3.23. The van der Waals surface area contributed by atoms with Gasteiger partial charge in [0, 0.05) is 34.2 Å². The zero-order chi connectivity index (χ0) is 20.7. The first-order chi connectivity index (χ1) is 13.3. The molecule has 1 aliphatic rings. The second-order valence-corrected chi connectivity index (χ2v) is 7.34. The highest BCUT2D eigenvalue weighted by atomic mass is 79.9. The van der Waals surface area contributed by atoms with E-state index in [4.69, 9.17) is 9.47 Å². The average Bonchev–Trinajstić information content (AvgIpc) is 2.65. The maximum Gasteiger partial charge on any atom is 0.417 e. The lowest BCUT2D eigenvalue weighted by Crippen LogP contribution is -2.09. The van der Waals surface area contributed by atoms with Gasteiger partial charge in [0.1, 0.15) is 0 Å². The van der Waals surface area contributed by atoms with E-state index in [-0.39, 0.29) is 11.2 Å². The molecule has 3 rings (SSSR count). The highest BCUT2D eigenvalue weighted by Crippen LogP contribution is 2.37. The Morgan fingerprint density at radius 3 is 1.93 bits per heavy atom. The van der Waals surface area contributed by atoms with E-state index in [9.17, 15) is 13.2 Å². The van der Waals surface area contributed by atoms with Gasteiger partial charge < -0.3 is 9.47 Å². The molecule has 154 valence electrons. The molecule has 0 amide bonds. The van der Waals surface area contributed by atoms with Gasteiger partial charge in [-0.2, -0.15) is 13.2 Å². The van der Waals surface area contributed by atoms with Crippen molar-refractivity contribution >= 4 is 31.9 Å². The smallest absolute Gasteiger partial charge is 0.417 e. The molecule has 0 radical (unpaired) electrons. The number of nitrogens with zero attached hydrogens (tertiary/aromatic N) is 2. The maximum atomic E-state index is 12.2. The maximum absolute atomic E-state index is 12.2. The predicted octanol–water partition coefficient (Wildman–Crippen LogP) is 6.26. The Morgan fingerprint density at radius 2 is 1.50 bits per heavy atom. The second kappa shape index (κ2) is 10.4. The summed E-state index contributed by atoms with van der Waals surface area (Å²) in [4.78, 5) is 7.88. The summed E-state index contributed by atoms with van der Waals surface area (Å²) in [5.41, 5.74) is 2.12. The summed E-state index contributed by atoms with van der Waals surface area (Å²) in [6.07, 6.45) is 2.34. The number of alkyl halides is 5. The van der Waals surface area contributed by atoms with Crippen LogP contribution in [0.5, 0.6) is 11.8 Å². The number of rotatable bonds is 5. The van der Waals surface area contributed by atoms with Crippen LogP contribution in [0.1, 0.15) is 47.4 Å². The molecule has 1 aliphatic carbocycles. The summed E-state index contributed by atoms with van der Waals surface area (Å²) in [5, 5.41) is 1.08. The van der Waals surface area contributed by atoms with Crippen molar-refractivity contribution < 1.29 is 22.6 Å². The molecule has 2 aromatic rings. The van der Waals surface area contributed by atoms with Gasteiger partial charge >= 0.3 is 6.18 Å². The van der Waals surface area contributed by atoms with Crippen molar-refractivity contribution in [3.63, 3.8) is 0 Å². The summed E-state index contributed by atoms with van der Waals surface area (Å²) in [5.74, 6) is 1.69. The van der Waals surface area contributed by atoms with E-state index in [1.807, 2.05) is 6.20 Å². The molecule has 9 heteroatoms. The van der Waals surface area contributed by atoms with E-state index < -0.39 is 11.7 Å². The van der Waals surface area contributed by atoms with E-state index in [0.717, 1.165) is 35.0 Å². The highest BCUT2D eigenvalue weighted by molar-refractivity contribution is 9.08. The minimum atomic E-state index is -4.36. The van der Waals surface area contributed by atoms with Crippen molar-refractivity contribution in [2.24, 2.45) is 0 Å². The van der Waals surface area contributed by atoms with E-state index in [1.54, 1.807) is 7.11 Å². The Hall–Kier alpha value is -1.35. The minimum Gasteiger partial charge on any atom is -0.481 e. The molecule has 0 atom stereocenters. The van der Waals surface area contributed by atoms with Gasteiger partial charge in [0.05, 0.1) is 19.8 Å². The molecule has 1 fully saturated rings. The number of halogens is 5. The van der Waals surface area contributed by atoms with Crippen LogP contribution in [0.3, 0.4) is 0 Å². The zero-order valence-corrected chi connectivity index (χ0v) is 18.7. The molecular weight excluding hydrogens is 505 g/mol. The molecule has 2 heterocycles. The second-order valence-electron chi connectivity index (χ2n) is 6.22. The van der Waals surface area contributed by atoms with Gasteiger partial charge in [-0.05, 0) is 36.5 Å². The normalized spacial score (nSPS) is 14.0. The Kier molecular flexibility index (Phi) is 8.55. The molecule has 0 aromatic carbocycles. The third-order valence-electron chi connectivity index (χ3n) is 4.45. The Morgan fingerprint density at radius 1 is 0.964 bits per heavy atom. The number of hydrogen-bond donors (Lipinski definition) is 0. The van der Waals surface area contributed by atoms with Gasteiger partial charge in [0.15, 0.2) is 0 Å². The fraction of sp³-hybridized carbons (Fsp3) is 0.474. The van der Waals surface area contributed by atoms with Crippen molar-refractivity contribution in [3.8, 4) is 11.8 Å². The Bertz CT molecular complexity index is 784. The summed E-state index contributed by atoms with van der Waals surface area (Å²) < 4.78 is 46.7. The largest absolute Gasteiger partial charge is 0.481 e. The van der Waals surface area contributed by atoms with Gasteiger partial charge in [0.25, 0.3) is 0 Å². The molecule has 28 heavy (non-hydrogen) atoms. The van der Waals surface area contributed by atoms with E-state index in [0.29, 0.717) is 5.56 Å². The lowest BCUT2D eigenvalue weighted by Gasteiger charge is -2.25. The molecule has 0 aliphatic heterocycles. The number of pyridine rings is 2. The van der Waals surface area contributed by atoms with Gasteiger partial charge in [-0.15, -0.1) is 0 Å². The lowest BCUT2D eigenvalue weighted by molar-refractivity contribution is -0.137. The summed E-state index contributed by atoms with van der Waals surface area (Å²) in [6.45, 7) is 0. The minimum absolute atomic E-state index is 0.204. The highest BCUT2D eigenvalue weighted by Gasteiger charge is 2.31. The van der Waals surface area contributed by atoms with Gasteiger partial charge in [-0.25, -0.2) is 9.97 Å². The Labute approximate surface area is 179 Å². The predicted molar refractivity (Wildman–Crippen MR) is 108 cm³/mol. The number of methoxy groups -OCH3 is 2. The standard InChI is InChI=1S/C11H14BrNO.C8H7BrF3NO/c1-14-11-9(6-12)5-10(7-13-11)8-3-2-4-8;1-14-7-5(3-9)2-6(4-13-7)8(10,11)12/h5,7-8H,2-4,6H2,1H3;2,4H,3H2,1H3. The van der Waals surface area contributed by atoms with Gasteiger partial charge in [-0.1, -0.05) is 38.3 Å². The monoisotopic (exact) mass is 524 g/mol. The average molecular weight is 526 g/mol. The van der Waals surface area contributed by atoms with Crippen molar-refractivity contribution in [2.75, 3.05) is 14.2 Å². The van der Waals surface area contributed by atoms with E-state index in [1.165, 1.54) is 31.9 Å². The van der Waals surface area contributed by atoms with Crippen LogP contribution in [0.25, 0.3) is 0 Å². The molecule has 4 nitrogen and oxygen atoms in total. The Balaban J connectivity index is 0.000000200. The van der Waals surface area contributed by atoms with Crippen LogP contribution in [0.15, 0.2) is 24.5 Å². The molecule has 0 spiro atoms.